The highest BCUT2D eigenvalue weighted by atomic mass is 35.5. The summed E-state index contributed by atoms with van der Waals surface area (Å²) in [7, 11) is 1.48. The van der Waals surface area contributed by atoms with Gasteiger partial charge in [-0.3, -0.25) is 33.6 Å². The van der Waals surface area contributed by atoms with E-state index in [-0.39, 0.29) is 52.8 Å². The second-order valence-electron chi connectivity index (χ2n) is 29.3. The van der Waals surface area contributed by atoms with Crippen LogP contribution in [-0.4, -0.2) is 198 Å². The number of aliphatic hydroxyl groups excluding tert-OH is 6. The summed E-state index contributed by atoms with van der Waals surface area (Å²) in [6.07, 6.45) is -14.2. The molecule has 18 atom stereocenters. The number of amides is 7. The Hall–Kier alpha value is -10.4. The summed E-state index contributed by atoms with van der Waals surface area (Å²) in [5.41, 5.74) is 2.50. The van der Waals surface area contributed by atoms with Crippen molar-refractivity contribution in [2.45, 2.75) is 182 Å². The van der Waals surface area contributed by atoms with Crippen molar-refractivity contribution in [2.24, 2.45) is 11.7 Å². The van der Waals surface area contributed by atoms with Gasteiger partial charge in [0.15, 0.2) is 29.9 Å². The number of carbonyl (C=O) groups excluding carboxylic acids is 7. The van der Waals surface area contributed by atoms with Crippen molar-refractivity contribution in [3.8, 4) is 62.9 Å². The van der Waals surface area contributed by atoms with Crippen molar-refractivity contribution in [3.05, 3.63) is 159 Å². The van der Waals surface area contributed by atoms with Crippen LogP contribution in [-0.2, 0) is 59.1 Å². The Kier molecular flexibility index (Phi) is 27.2. The van der Waals surface area contributed by atoms with Gasteiger partial charge in [-0.05, 0) is 147 Å². The second kappa shape index (κ2) is 36.6. The van der Waals surface area contributed by atoms with Crippen molar-refractivity contribution in [3.63, 3.8) is 0 Å². The molecule has 0 radical (unpaired) electrons. The van der Waals surface area contributed by atoms with Gasteiger partial charge >= 0.3 is 5.97 Å². The standard InChI is InChI=1S/C79H91Cl2N9O25/c1-7-8-9-10-21-109-42-16-11-36(12-17-42)32-84-79(5)31-57(110-35(4)70(79)100)114-69-67(99)66(98)55(33-91)113-78(69)115-68-53-26-40-27-54(68)112-52-20-15-39(25-46(52)81)65(97)63-76(106)88-61(77(107)108)44-28-41(92)29-50(94)58(44)43-23-37(13-18-49(43)93)59(73(103)90-63)87-74(104)60(40)86-72(102)48(30-56(82)95)85-75(105)62(89-71(101)47(83-6)22-34(2)3)64(96)38-14-19-51(111-53)45(80)24-38/h7,11-20,23-29,34-35,47-48,55,57,59-67,69-70,78,83-84,91-94,96-100H,1,8-10,21-22,30-33H2,2-6H3,(H2,82,95)(H,85,105)(H,86,102)(H,87,104)(H,88,106)(H,89,101)(H,90,103)(H,107,108)/t35-,47+,48-,55+,57-,59+,60+,61-,62+,63-,64+,65+,66+,67-,69+,70+,78-,79-/m0/s1. The molecule has 0 unspecified atom stereocenters. The topological polar surface area (TPSA) is 526 Å². The molecule has 616 valence electrons. The van der Waals surface area contributed by atoms with Crippen LogP contribution in [0.5, 0.6) is 51.7 Å². The number of fused-ring (bicyclic) bond motifs is 15. The Bertz CT molecular complexity index is 4660. The molecule has 7 aliphatic rings. The molecule has 7 amide bonds. The van der Waals surface area contributed by atoms with E-state index in [4.69, 9.17) is 62.1 Å². The Morgan fingerprint density at radius 3 is 1.97 bits per heavy atom. The number of nitrogens with two attached hydrogens (primary N) is 1. The summed E-state index contributed by atoms with van der Waals surface area (Å²) in [6, 6.07) is 6.70. The number of primary amides is 1. The first-order valence-electron chi connectivity index (χ1n) is 36.9. The summed E-state index contributed by atoms with van der Waals surface area (Å²) in [5, 5.41) is 136. The Morgan fingerprint density at radius 2 is 1.36 bits per heavy atom. The van der Waals surface area contributed by atoms with Crippen LogP contribution in [0.2, 0.25) is 10.0 Å². The van der Waals surface area contributed by atoms with Gasteiger partial charge in [-0.25, -0.2) is 4.79 Å². The normalized spacial score (nSPS) is 27.2. The molecule has 0 spiro atoms. The maximum atomic E-state index is 16.2. The van der Waals surface area contributed by atoms with E-state index < -0.39 is 237 Å². The summed E-state index contributed by atoms with van der Waals surface area (Å²) in [4.78, 5) is 118. The molecular weight excluding hydrogens is 1550 g/mol. The predicted octanol–water partition coefficient (Wildman–Crippen LogP) is 3.67. The molecule has 0 aliphatic carbocycles. The van der Waals surface area contributed by atoms with Gasteiger partial charge in [0.05, 0.1) is 47.9 Å². The second-order valence-corrected chi connectivity index (χ2v) is 30.1. The molecule has 0 aromatic heterocycles. The third-order valence-corrected chi connectivity index (χ3v) is 21.0. The zero-order valence-electron chi connectivity index (χ0n) is 62.8. The third-order valence-electron chi connectivity index (χ3n) is 20.4. The summed E-state index contributed by atoms with van der Waals surface area (Å²) < 4.78 is 45.3. The van der Waals surface area contributed by atoms with Gasteiger partial charge in [-0.1, -0.05) is 73.5 Å². The molecule has 7 heterocycles. The molecule has 13 rings (SSSR count). The lowest BCUT2D eigenvalue weighted by molar-refractivity contribution is -0.334. The number of aliphatic hydroxyl groups is 6. The molecule has 0 saturated carbocycles. The van der Waals surface area contributed by atoms with Gasteiger partial charge in [0, 0.05) is 41.3 Å². The average Bonchev–Trinajstić information content (AvgIpc) is 0.767. The van der Waals surface area contributed by atoms with Crippen LogP contribution in [0.1, 0.15) is 130 Å². The molecule has 7 aliphatic heterocycles. The molecule has 115 heavy (non-hydrogen) atoms. The minimum absolute atomic E-state index is 0.105. The van der Waals surface area contributed by atoms with Gasteiger partial charge in [-0.15, -0.1) is 6.58 Å². The number of unbranched alkanes of at least 4 members (excludes halogenated alkanes) is 2. The van der Waals surface area contributed by atoms with Gasteiger partial charge < -0.3 is 132 Å². The number of hydrogen-bond donors (Lipinski definition) is 19. The molecular formula is C79H91Cl2N9O25. The number of halogens is 2. The average molecular weight is 1640 g/mol. The van der Waals surface area contributed by atoms with Crippen LogP contribution in [0.4, 0.5) is 0 Å². The first-order valence-corrected chi connectivity index (χ1v) is 37.7. The van der Waals surface area contributed by atoms with Crippen LogP contribution < -0.4 is 67.2 Å². The number of nitrogens with one attached hydrogen (secondary N) is 8. The number of likely N-dealkylation sites (N-methyl/N-ethyl adjacent to an activating group) is 1. The maximum absolute atomic E-state index is 16.2. The highest BCUT2D eigenvalue weighted by molar-refractivity contribution is 6.32. The first kappa shape index (κ1) is 85.4. The number of carboxylic acid groups (broad SMARTS) is 1. The van der Waals surface area contributed by atoms with Gasteiger partial charge in [0.1, 0.15) is 95.2 Å². The van der Waals surface area contributed by atoms with E-state index in [2.05, 4.69) is 49.1 Å². The number of carbonyl (C=O) groups is 8. The van der Waals surface area contributed by atoms with E-state index in [9.17, 15) is 75.0 Å². The molecule has 2 saturated heterocycles. The fourth-order valence-corrected chi connectivity index (χ4v) is 14.7. The Labute approximate surface area is 668 Å². The predicted molar refractivity (Wildman–Crippen MR) is 408 cm³/mol. The highest BCUT2D eigenvalue weighted by Gasteiger charge is 2.52. The number of rotatable bonds is 22. The zero-order valence-corrected chi connectivity index (χ0v) is 64.3. The summed E-state index contributed by atoms with van der Waals surface area (Å²) in [6.45, 7) is 10.4. The van der Waals surface area contributed by atoms with E-state index in [1.807, 2.05) is 44.2 Å². The zero-order chi connectivity index (χ0) is 83.2. The fraction of sp³-hybridized carbons (Fsp3) is 0.418. The molecule has 6 aromatic carbocycles. The smallest absolute Gasteiger partial charge is 0.330 e. The Morgan fingerprint density at radius 1 is 0.722 bits per heavy atom. The number of phenolic OH excluding ortho intramolecular Hbond substituents is 3. The minimum atomic E-state index is -2.36. The first-order chi connectivity index (χ1) is 54.7. The number of hydrogen-bond acceptors (Lipinski definition) is 26. The molecule has 6 aromatic rings. The number of carboxylic acids is 1. The maximum Gasteiger partial charge on any atom is 0.330 e. The number of aromatic hydroxyl groups is 3. The van der Waals surface area contributed by atoms with Crippen molar-refractivity contribution < 1.29 is 123 Å². The van der Waals surface area contributed by atoms with Crippen molar-refractivity contribution >= 4 is 70.5 Å². The molecule has 34 nitrogen and oxygen atoms in total. The number of allylic oxidation sites excluding steroid dienone is 1. The molecule has 20 N–H and O–H groups in total. The third kappa shape index (κ3) is 19.4. The monoisotopic (exact) mass is 1640 g/mol. The minimum Gasteiger partial charge on any atom is -0.508 e. The van der Waals surface area contributed by atoms with Gasteiger partial charge in [0.2, 0.25) is 53.4 Å². The van der Waals surface area contributed by atoms with Gasteiger partial charge in [0.25, 0.3) is 0 Å². The van der Waals surface area contributed by atoms with Crippen LogP contribution in [0.3, 0.4) is 0 Å². The largest absolute Gasteiger partial charge is 0.508 e. The number of ether oxygens (including phenoxy) is 7. The van der Waals surface area contributed by atoms with E-state index in [0.717, 1.165) is 91.6 Å². The molecule has 11 bridgehead atoms. The lowest BCUT2D eigenvalue weighted by Gasteiger charge is -2.48. The van der Waals surface area contributed by atoms with Crippen LogP contribution in [0.15, 0.2) is 116 Å². The van der Waals surface area contributed by atoms with Crippen molar-refractivity contribution in [1.82, 2.24) is 42.5 Å². The van der Waals surface area contributed by atoms with Crippen LogP contribution in [0, 0.1) is 5.92 Å². The fourth-order valence-electron chi connectivity index (χ4n) is 14.2. The SMILES string of the molecule is C=CCCCCOc1ccc(CN[C@@]2(C)C[C@H](O[C@H]3[C@H](Oc4c5cc6cc4Oc4ccc(cc4Cl)[C@@H](O)[C@@H](NC(=O)[C@@H](CC(C)C)NC)C(=O)N[C@@H](CC(N)=O)C(=O)N[C@H]6C(=O)N[C@H]4C(=O)N[C@H](C(=O)N[C@H](C(=O)O)c6cc(O)cc(O)c6-c6cc4ccc6O)[C@H](O)c4ccc(c(Cl)c4)O5)O[C@H](CO)[C@@H](O)[C@@H]3O)O[C@@H](C)[C@H]2O)cc1. The molecule has 2 fully saturated rings. The number of benzene rings is 6. The van der Waals surface area contributed by atoms with Crippen molar-refractivity contribution in [1.29, 1.82) is 0 Å². The van der Waals surface area contributed by atoms with E-state index in [1.54, 1.807) is 13.8 Å². The Balaban J connectivity index is 1.10. The molecule has 36 heteroatoms. The summed E-state index contributed by atoms with van der Waals surface area (Å²) >= 11 is 14.3. The lowest BCUT2D eigenvalue weighted by Crippen LogP contribution is -2.65. The van der Waals surface area contributed by atoms with Crippen LogP contribution >= 0.6 is 23.2 Å². The quantitative estimate of drug-likeness (QED) is 0.0340. The highest BCUT2D eigenvalue weighted by Crippen LogP contribution is 2.50. The lowest BCUT2D eigenvalue weighted by atomic mass is 9.84. The summed E-state index contributed by atoms with van der Waals surface area (Å²) in [5.74, 6) is -15.4. The van der Waals surface area contributed by atoms with E-state index >= 15 is 14.4 Å². The number of phenols is 3. The van der Waals surface area contributed by atoms with Crippen LogP contribution in [0.25, 0.3) is 11.1 Å². The van der Waals surface area contributed by atoms with E-state index in [1.165, 1.54) is 19.2 Å². The van der Waals surface area contributed by atoms with Crippen molar-refractivity contribution in [2.75, 3.05) is 20.3 Å². The van der Waals surface area contributed by atoms with E-state index in [0.29, 0.717) is 12.4 Å². The number of aliphatic carboxylic acids is 1. The van der Waals surface area contributed by atoms with Gasteiger partial charge in [-0.2, -0.15) is 0 Å².